The van der Waals surface area contributed by atoms with Crippen LogP contribution in [0.4, 0.5) is 10.7 Å². The van der Waals surface area contributed by atoms with Gasteiger partial charge < -0.3 is 5.32 Å². The van der Waals surface area contributed by atoms with Gasteiger partial charge in [0.15, 0.2) is 5.82 Å². The summed E-state index contributed by atoms with van der Waals surface area (Å²) in [6.07, 6.45) is 2.86. The van der Waals surface area contributed by atoms with Crippen LogP contribution in [0.15, 0.2) is 42.5 Å². The van der Waals surface area contributed by atoms with Gasteiger partial charge in [0.25, 0.3) is 0 Å². The smallest absolute Gasteiger partial charge is 0.323 e. The van der Waals surface area contributed by atoms with Crippen molar-refractivity contribution in [2.75, 3.05) is 5.32 Å². The van der Waals surface area contributed by atoms with E-state index >= 15 is 0 Å². The molecule has 25 heavy (non-hydrogen) atoms. The number of rotatable bonds is 5. The average Bonchev–Trinajstić information content (AvgIpc) is 3.23. The number of benzene rings is 1. The zero-order valence-corrected chi connectivity index (χ0v) is 13.8. The van der Waals surface area contributed by atoms with E-state index in [1.54, 1.807) is 42.1 Å². The molecule has 0 aliphatic carbocycles. The Hall–Kier alpha value is -3.40. The number of thiophene rings is 1. The maximum absolute atomic E-state index is 11.9. The van der Waals surface area contributed by atoms with Crippen LogP contribution in [-0.4, -0.2) is 31.0 Å². The summed E-state index contributed by atoms with van der Waals surface area (Å²) in [5, 5.41) is 24.6. The average molecular weight is 356 g/mol. The van der Waals surface area contributed by atoms with Crippen LogP contribution in [0.5, 0.6) is 0 Å². The Kier molecular flexibility index (Phi) is 4.61. The summed E-state index contributed by atoms with van der Waals surface area (Å²) in [5.41, 5.74) is 1.44. The van der Waals surface area contributed by atoms with Crippen molar-refractivity contribution in [2.24, 2.45) is 7.05 Å². The van der Waals surface area contributed by atoms with Crippen molar-refractivity contribution >= 4 is 34.0 Å². The molecular formula is C15H12N6O3S. The summed E-state index contributed by atoms with van der Waals surface area (Å²) in [7, 11) is 1.74. The second-order valence-electron chi connectivity index (χ2n) is 4.96. The molecular weight excluding hydrogens is 344 g/mol. The van der Waals surface area contributed by atoms with Crippen LogP contribution in [0.3, 0.4) is 0 Å². The first-order valence-corrected chi connectivity index (χ1v) is 7.90. The van der Waals surface area contributed by atoms with E-state index < -0.39 is 4.92 Å². The molecule has 0 spiro atoms. The third-order valence-electron chi connectivity index (χ3n) is 3.22. The van der Waals surface area contributed by atoms with E-state index in [9.17, 15) is 14.9 Å². The number of nitro groups is 1. The molecule has 0 aliphatic heterocycles. The largest absolute Gasteiger partial charge is 0.324 e. The van der Waals surface area contributed by atoms with E-state index in [1.807, 2.05) is 0 Å². The third-order valence-corrected chi connectivity index (χ3v) is 4.22. The first-order valence-electron chi connectivity index (χ1n) is 7.09. The van der Waals surface area contributed by atoms with Crippen molar-refractivity contribution in [3.63, 3.8) is 0 Å². The van der Waals surface area contributed by atoms with Gasteiger partial charge in [-0.15, -0.1) is 5.10 Å². The fraction of sp³-hybridized carbons (Fsp3) is 0.0667. The van der Waals surface area contributed by atoms with Crippen LogP contribution in [0.25, 0.3) is 17.5 Å². The predicted octanol–water partition coefficient (Wildman–Crippen LogP) is 2.50. The highest BCUT2D eigenvalue weighted by Gasteiger charge is 2.08. The number of hydrogen-bond donors (Lipinski definition) is 1. The highest BCUT2D eigenvalue weighted by molar-refractivity contribution is 7.16. The minimum atomic E-state index is -0.462. The molecule has 0 saturated carbocycles. The molecule has 1 N–H and O–H groups in total. The number of anilines is 1. The Morgan fingerprint density at radius 3 is 2.64 bits per heavy atom. The second-order valence-corrected chi connectivity index (χ2v) is 6.05. The van der Waals surface area contributed by atoms with Crippen LogP contribution >= 0.6 is 11.3 Å². The molecule has 0 unspecified atom stereocenters. The van der Waals surface area contributed by atoms with E-state index in [2.05, 4.69) is 20.8 Å². The minimum absolute atomic E-state index is 0.0360. The molecule has 126 valence electrons. The summed E-state index contributed by atoms with van der Waals surface area (Å²) in [6, 6.07) is 10.1. The van der Waals surface area contributed by atoms with Gasteiger partial charge in [0.1, 0.15) is 0 Å². The van der Waals surface area contributed by atoms with E-state index in [4.69, 9.17) is 0 Å². The zero-order chi connectivity index (χ0) is 17.8. The minimum Gasteiger partial charge on any atom is -0.323 e. The standard InChI is InChI=1S/C15H12N6O3S/c1-20-15(17-18-19-20)10-2-4-11(5-3-10)16-13(22)8-6-12-7-9-14(25-12)21(23)24/h2-9H,1H3,(H,16,22)/b8-6+. The number of nitrogens with zero attached hydrogens (tertiary/aromatic N) is 5. The number of carbonyl (C=O) groups is 1. The van der Waals surface area contributed by atoms with Crippen molar-refractivity contribution < 1.29 is 9.72 Å². The Balaban J connectivity index is 1.63. The number of aryl methyl sites for hydroxylation is 1. The van der Waals surface area contributed by atoms with Gasteiger partial charge in [0, 0.05) is 35.3 Å². The van der Waals surface area contributed by atoms with E-state index in [0.717, 1.165) is 16.9 Å². The van der Waals surface area contributed by atoms with Gasteiger partial charge in [-0.1, -0.05) is 11.3 Å². The Bertz CT molecular complexity index is 944. The van der Waals surface area contributed by atoms with Crippen LogP contribution in [0.2, 0.25) is 0 Å². The normalized spacial score (nSPS) is 10.9. The predicted molar refractivity (Wildman–Crippen MR) is 92.9 cm³/mol. The van der Waals surface area contributed by atoms with Crippen molar-refractivity contribution in [1.82, 2.24) is 20.2 Å². The maximum Gasteiger partial charge on any atom is 0.324 e. The number of tetrazole rings is 1. The quantitative estimate of drug-likeness (QED) is 0.426. The van der Waals surface area contributed by atoms with Crippen LogP contribution in [0.1, 0.15) is 4.88 Å². The van der Waals surface area contributed by atoms with E-state index in [-0.39, 0.29) is 10.9 Å². The van der Waals surface area contributed by atoms with Crippen LogP contribution in [0, 0.1) is 10.1 Å². The number of hydrogen-bond acceptors (Lipinski definition) is 7. The summed E-state index contributed by atoms with van der Waals surface area (Å²) in [6.45, 7) is 0. The van der Waals surface area contributed by atoms with Gasteiger partial charge in [-0.05, 0) is 46.8 Å². The lowest BCUT2D eigenvalue weighted by atomic mass is 10.2. The molecule has 10 heteroatoms. The highest BCUT2D eigenvalue weighted by Crippen LogP contribution is 2.25. The molecule has 0 aliphatic rings. The Morgan fingerprint density at radius 2 is 2.04 bits per heavy atom. The number of nitrogens with one attached hydrogen (secondary N) is 1. The van der Waals surface area contributed by atoms with Gasteiger partial charge in [-0.2, -0.15) is 0 Å². The lowest BCUT2D eigenvalue weighted by Gasteiger charge is -2.03. The molecule has 9 nitrogen and oxygen atoms in total. The van der Waals surface area contributed by atoms with Gasteiger partial charge in [-0.25, -0.2) is 4.68 Å². The molecule has 2 aromatic heterocycles. The van der Waals surface area contributed by atoms with Gasteiger partial charge in [0.05, 0.1) is 4.92 Å². The molecule has 1 aromatic carbocycles. The summed E-state index contributed by atoms with van der Waals surface area (Å²) >= 11 is 1.00. The molecule has 0 radical (unpaired) electrons. The number of aromatic nitrogens is 4. The monoisotopic (exact) mass is 356 g/mol. The molecule has 0 fully saturated rings. The molecule has 3 aromatic rings. The van der Waals surface area contributed by atoms with Gasteiger partial charge in [-0.3, -0.25) is 14.9 Å². The SMILES string of the molecule is Cn1nnnc1-c1ccc(NC(=O)/C=C/c2ccc([N+](=O)[O-])s2)cc1. The third kappa shape index (κ3) is 3.93. The fourth-order valence-electron chi connectivity index (χ4n) is 2.05. The molecule has 0 saturated heterocycles. The zero-order valence-electron chi connectivity index (χ0n) is 13.0. The Morgan fingerprint density at radius 1 is 1.28 bits per heavy atom. The van der Waals surface area contributed by atoms with Crippen molar-refractivity contribution in [3.05, 3.63) is 57.5 Å². The number of carbonyl (C=O) groups excluding carboxylic acids is 1. The maximum atomic E-state index is 11.9. The number of amides is 1. The van der Waals surface area contributed by atoms with Crippen LogP contribution < -0.4 is 5.32 Å². The van der Waals surface area contributed by atoms with Gasteiger partial charge in [0.2, 0.25) is 5.91 Å². The summed E-state index contributed by atoms with van der Waals surface area (Å²) in [4.78, 5) is 22.7. The van der Waals surface area contributed by atoms with Crippen molar-refractivity contribution in [3.8, 4) is 11.4 Å². The summed E-state index contributed by atoms with van der Waals surface area (Å²) < 4.78 is 1.55. The molecule has 0 bridgehead atoms. The molecule has 2 heterocycles. The summed E-state index contributed by atoms with van der Waals surface area (Å²) in [5.74, 6) is 0.293. The van der Waals surface area contributed by atoms with Crippen molar-refractivity contribution in [1.29, 1.82) is 0 Å². The first-order chi connectivity index (χ1) is 12.0. The lowest BCUT2D eigenvalue weighted by molar-refractivity contribution is -0.380. The van der Waals surface area contributed by atoms with Gasteiger partial charge >= 0.3 is 5.00 Å². The fourth-order valence-corrected chi connectivity index (χ4v) is 2.77. The van der Waals surface area contributed by atoms with E-state index in [0.29, 0.717) is 16.4 Å². The van der Waals surface area contributed by atoms with Crippen LogP contribution in [-0.2, 0) is 11.8 Å². The molecule has 0 atom stereocenters. The highest BCUT2D eigenvalue weighted by atomic mass is 32.1. The second kappa shape index (κ2) is 7.01. The van der Waals surface area contributed by atoms with E-state index in [1.165, 1.54) is 18.2 Å². The molecule has 3 rings (SSSR count). The first kappa shape index (κ1) is 16.5. The molecule has 1 amide bonds. The topological polar surface area (TPSA) is 116 Å². The Labute approximate surface area is 145 Å². The van der Waals surface area contributed by atoms with Crippen molar-refractivity contribution in [2.45, 2.75) is 0 Å². The lowest BCUT2D eigenvalue weighted by Crippen LogP contribution is -2.07.